The van der Waals surface area contributed by atoms with E-state index in [2.05, 4.69) is 54.4 Å². The molecule has 1 atom stereocenters. The lowest BCUT2D eigenvalue weighted by atomic mass is 9.86. The molecule has 3 aromatic rings. The molecule has 0 fully saturated rings. The van der Waals surface area contributed by atoms with Crippen molar-refractivity contribution in [3.63, 3.8) is 0 Å². The van der Waals surface area contributed by atoms with Gasteiger partial charge in [-0.3, -0.25) is 4.90 Å². The Bertz CT molecular complexity index is 936. The van der Waals surface area contributed by atoms with Gasteiger partial charge in [0, 0.05) is 23.7 Å². The minimum atomic E-state index is 0. The third-order valence-corrected chi connectivity index (χ3v) is 5.59. The molecule has 0 bridgehead atoms. The van der Waals surface area contributed by atoms with Crippen molar-refractivity contribution in [2.45, 2.75) is 18.9 Å². The number of likely N-dealkylation sites (N-methyl/N-ethyl adjacent to an activating group) is 1. The largest absolute Gasteiger partial charge is 0.496 e. The third-order valence-electron chi connectivity index (χ3n) is 5.59. The Kier molecular flexibility index (Phi) is 6.08. The molecule has 0 aromatic heterocycles. The molecule has 1 heterocycles. The van der Waals surface area contributed by atoms with E-state index in [1.165, 1.54) is 27.5 Å². The molecule has 0 aliphatic carbocycles. The zero-order valence-corrected chi connectivity index (χ0v) is 17.8. The van der Waals surface area contributed by atoms with Crippen molar-refractivity contribution in [1.29, 1.82) is 0 Å². The second-order valence-electron chi connectivity index (χ2n) is 6.95. The van der Waals surface area contributed by atoms with Crippen molar-refractivity contribution >= 4 is 27.8 Å². The lowest BCUT2D eigenvalue weighted by Crippen LogP contribution is -2.34. The third kappa shape index (κ3) is 3.56. The molecule has 1 aliphatic rings. The van der Waals surface area contributed by atoms with Crippen LogP contribution in [-0.4, -0.2) is 32.7 Å². The van der Waals surface area contributed by atoms with E-state index < -0.39 is 0 Å². The second kappa shape index (κ2) is 8.32. The molecule has 1 aliphatic heterocycles. The van der Waals surface area contributed by atoms with Gasteiger partial charge in [-0.05, 0) is 48.4 Å². The molecule has 3 aromatic carbocycles. The van der Waals surface area contributed by atoms with Gasteiger partial charge in [-0.1, -0.05) is 42.5 Å². The fourth-order valence-electron chi connectivity index (χ4n) is 4.22. The van der Waals surface area contributed by atoms with Crippen LogP contribution in [-0.2, 0) is 12.8 Å². The van der Waals surface area contributed by atoms with E-state index in [9.17, 15) is 0 Å². The molecule has 0 radical (unpaired) electrons. The number of halogens is 1. The van der Waals surface area contributed by atoms with Gasteiger partial charge < -0.3 is 9.47 Å². The summed E-state index contributed by atoms with van der Waals surface area (Å²) in [7, 11) is 5.71. The molecule has 1 unspecified atom stereocenters. The Morgan fingerprint density at radius 1 is 0.926 bits per heavy atom. The summed E-state index contributed by atoms with van der Waals surface area (Å²) in [5.41, 5.74) is 3.93. The quantitative estimate of drug-likeness (QED) is 0.570. The van der Waals surface area contributed by atoms with Crippen molar-refractivity contribution in [2.24, 2.45) is 0 Å². The number of rotatable bonds is 4. The molecule has 142 valence electrons. The van der Waals surface area contributed by atoms with Crippen LogP contribution in [0.15, 0.2) is 54.6 Å². The number of hydrogen-bond acceptors (Lipinski definition) is 3. The maximum absolute atomic E-state index is 5.73. The SMILES string of the molecule is Br.COc1ccc(OC)c2c1CCN(C)C2Cc1cccc2ccccc12. The average Bonchev–Trinajstić information content (AvgIpc) is 2.69. The number of hydrogen-bond donors (Lipinski definition) is 0. The minimum Gasteiger partial charge on any atom is -0.496 e. The number of nitrogens with zero attached hydrogens (tertiary/aromatic N) is 1. The normalized spacial score (nSPS) is 16.5. The Hall–Kier alpha value is -2.04. The Labute approximate surface area is 171 Å². The van der Waals surface area contributed by atoms with Gasteiger partial charge in [0.25, 0.3) is 0 Å². The standard InChI is InChI=1S/C23H25NO2.BrH/c1-24-14-13-19-21(25-2)11-12-22(26-3)23(19)20(24)15-17-9-6-8-16-7-4-5-10-18(16)17;/h4-12,20H,13-15H2,1-3H3;1H. The lowest BCUT2D eigenvalue weighted by molar-refractivity contribution is 0.220. The smallest absolute Gasteiger partial charge is 0.124 e. The number of methoxy groups -OCH3 is 2. The highest BCUT2D eigenvalue weighted by molar-refractivity contribution is 8.93. The summed E-state index contributed by atoms with van der Waals surface area (Å²) in [5.74, 6) is 1.93. The van der Waals surface area contributed by atoms with Crippen LogP contribution in [0.1, 0.15) is 22.7 Å². The predicted octanol–water partition coefficient (Wildman–Crippen LogP) is 5.21. The van der Waals surface area contributed by atoms with Crippen LogP contribution in [0.2, 0.25) is 0 Å². The van der Waals surface area contributed by atoms with E-state index in [0.29, 0.717) is 0 Å². The van der Waals surface area contributed by atoms with Crippen molar-refractivity contribution in [3.05, 3.63) is 71.3 Å². The van der Waals surface area contributed by atoms with Crippen LogP contribution in [0.3, 0.4) is 0 Å². The summed E-state index contributed by atoms with van der Waals surface area (Å²) in [5, 5.41) is 2.62. The molecule has 0 saturated carbocycles. The van der Waals surface area contributed by atoms with E-state index >= 15 is 0 Å². The maximum Gasteiger partial charge on any atom is 0.124 e. The lowest BCUT2D eigenvalue weighted by Gasteiger charge is -2.36. The number of ether oxygens (including phenoxy) is 2. The van der Waals surface area contributed by atoms with Crippen LogP contribution in [0.4, 0.5) is 0 Å². The van der Waals surface area contributed by atoms with E-state index in [-0.39, 0.29) is 23.0 Å². The van der Waals surface area contributed by atoms with Gasteiger partial charge >= 0.3 is 0 Å². The number of benzene rings is 3. The zero-order chi connectivity index (χ0) is 18.1. The van der Waals surface area contributed by atoms with Gasteiger partial charge in [-0.2, -0.15) is 0 Å². The average molecular weight is 428 g/mol. The van der Waals surface area contributed by atoms with E-state index in [4.69, 9.17) is 9.47 Å². The molecule has 0 saturated heterocycles. The molecule has 4 heteroatoms. The maximum atomic E-state index is 5.73. The van der Waals surface area contributed by atoms with Crippen molar-refractivity contribution < 1.29 is 9.47 Å². The Morgan fingerprint density at radius 2 is 1.63 bits per heavy atom. The van der Waals surface area contributed by atoms with Crippen LogP contribution in [0.25, 0.3) is 10.8 Å². The highest BCUT2D eigenvalue weighted by Gasteiger charge is 2.30. The van der Waals surface area contributed by atoms with Crippen molar-refractivity contribution in [1.82, 2.24) is 4.90 Å². The van der Waals surface area contributed by atoms with E-state index in [1.54, 1.807) is 14.2 Å². The van der Waals surface area contributed by atoms with Gasteiger partial charge in [0.05, 0.1) is 14.2 Å². The van der Waals surface area contributed by atoms with Crippen LogP contribution in [0, 0.1) is 0 Å². The second-order valence-corrected chi connectivity index (χ2v) is 6.95. The highest BCUT2D eigenvalue weighted by Crippen LogP contribution is 2.42. The first kappa shape index (κ1) is 19.7. The van der Waals surface area contributed by atoms with Gasteiger partial charge in [0.15, 0.2) is 0 Å². The first-order valence-electron chi connectivity index (χ1n) is 9.13. The van der Waals surface area contributed by atoms with Crippen molar-refractivity contribution in [2.75, 3.05) is 27.8 Å². The molecule has 4 rings (SSSR count). The summed E-state index contributed by atoms with van der Waals surface area (Å²) >= 11 is 0. The van der Waals surface area contributed by atoms with Gasteiger partial charge in [-0.25, -0.2) is 0 Å². The number of fused-ring (bicyclic) bond motifs is 2. The van der Waals surface area contributed by atoms with Gasteiger partial charge in [0.1, 0.15) is 11.5 Å². The predicted molar refractivity (Wildman–Crippen MR) is 117 cm³/mol. The fourth-order valence-corrected chi connectivity index (χ4v) is 4.22. The van der Waals surface area contributed by atoms with Crippen LogP contribution in [0.5, 0.6) is 11.5 Å². The van der Waals surface area contributed by atoms with Crippen LogP contribution >= 0.6 is 17.0 Å². The first-order chi connectivity index (χ1) is 12.7. The molecular weight excluding hydrogens is 402 g/mol. The van der Waals surface area contributed by atoms with E-state index in [1.807, 2.05) is 12.1 Å². The molecule has 0 N–H and O–H groups in total. The fraction of sp³-hybridized carbons (Fsp3) is 0.304. The monoisotopic (exact) mass is 427 g/mol. The van der Waals surface area contributed by atoms with Gasteiger partial charge in [0.2, 0.25) is 0 Å². The highest BCUT2D eigenvalue weighted by atomic mass is 79.9. The topological polar surface area (TPSA) is 21.7 Å². The first-order valence-corrected chi connectivity index (χ1v) is 9.13. The zero-order valence-electron chi connectivity index (χ0n) is 16.1. The molecule has 0 spiro atoms. The summed E-state index contributed by atoms with van der Waals surface area (Å²) in [6.45, 7) is 1.02. The molecule has 3 nitrogen and oxygen atoms in total. The summed E-state index contributed by atoms with van der Waals surface area (Å²) < 4.78 is 11.4. The van der Waals surface area contributed by atoms with Crippen molar-refractivity contribution in [3.8, 4) is 11.5 Å². The summed E-state index contributed by atoms with van der Waals surface area (Å²) in [6, 6.07) is 19.5. The Balaban J connectivity index is 0.00000210. The molecular formula is C23H26BrNO2. The summed E-state index contributed by atoms with van der Waals surface area (Å²) in [6.07, 6.45) is 1.94. The molecule has 27 heavy (non-hydrogen) atoms. The summed E-state index contributed by atoms with van der Waals surface area (Å²) in [4.78, 5) is 2.44. The molecule has 0 amide bonds. The Morgan fingerprint density at radius 3 is 2.41 bits per heavy atom. The van der Waals surface area contributed by atoms with E-state index in [0.717, 1.165) is 30.9 Å². The van der Waals surface area contributed by atoms with Gasteiger partial charge in [-0.15, -0.1) is 17.0 Å². The van der Waals surface area contributed by atoms with Crippen LogP contribution < -0.4 is 9.47 Å². The minimum absolute atomic E-state index is 0.